The first kappa shape index (κ1) is 20.0. The lowest BCUT2D eigenvalue weighted by atomic mass is 10.1. The first-order valence-electron chi connectivity index (χ1n) is 8.34. The summed E-state index contributed by atoms with van der Waals surface area (Å²) in [6.45, 7) is 0. The van der Waals surface area contributed by atoms with Gasteiger partial charge in [0, 0.05) is 34.7 Å². The van der Waals surface area contributed by atoms with Gasteiger partial charge in [0.15, 0.2) is 16.6 Å². The van der Waals surface area contributed by atoms with E-state index in [2.05, 4.69) is 10.3 Å². The number of ether oxygens (including phenoxy) is 3. The number of methoxy groups -OCH3 is 3. The number of aromatic nitrogens is 1. The highest BCUT2D eigenvalue weighted by atomic mass is 35.5. The first-order valence-corrected chi connectivity index (χ1v) is 9.54. The number of carbonyl (C=O) groups excluding carboxylic acids is 1. The van der Waals surface area contributed by atoms with Crippen molar-refractivity contribution in [1.82, 2.24) is 4.98 Å². The smallest absolute Gasteiger partial charge is 0.261 e. The van der Waals surface area contributed by atoms with Crippen molar-refractivity contribution in [3.63, 3.8) is 0 Å². The molecule has 0 aliphatic heterocycles. The van der Waals surface area contributed by atoms with Crippen LogP contribution in [0.1, 0.15) is 20.8 Å². The van der Waals surface area contributed by atoms with Crippen molar-refractivity contribution in [2.75, 3.05) is 26.6 Å². The van der Waals surface area contributed by atoms with Crippen LogP contribution < -0.4 is 19.5 Å². The first-order chi connectivity index (χ1) is 13.5. The van der Waals surface area contributed by atoms with Gasteiger partial charge in [0.1, 0.15) is 5.75 Å². The maximum atomic E-state index is 12.7. The summed E-state index contributed by atoms with van der Waals surface area (Å²) in [4.78, 5) is 18.0. The minimum atomic E-state index is -0.346. The lowest BCUT2D eigenvalue weighted by Crippen LogP contribution is -2.13. The highest BCUT2D eigenvalue weighted by Crippen LogP contribution is 2.35. The van der Waals surface area contributed by atoms with E-state index < -0.39 is 0 Å². The molecule has 2 aromatic carbocycles. The SMILES string of the molecule is COc1cc(OC)c(C(=O)Nc2ncc(Cc3cccc(Cl)c3)s2)cc1OC. The van der Waals surface area contributed by atoms with E-state index in [1.54, 1.807) is 18.3 Å². The van der Waals surface area contributed by atoms with Crippen molar-refractivity contribution in [3.05, 3.63) is 63.6 Å². The van der Waals surface area contributed by atoms with Crippen molar-refractivity contribution < 1.29 is 19.0 Å². The summed E-state index contributed by atoms with van der Waals surface area (Å²) >= 11 is 7.43. The Morgan fingerprint density at radius 2 is 1.79 bits per heavy atom. The molecule has 1 amide bonds. The molecule has 0 saturated heterocycles. The minimum absolute atomic E-state index is 0.326. The van der Waals surface area contributed by atoms with Crippen molar-refractivity contribution in [2.24, 2.45) is 0 Å². The molecule has 1 heterocycles. The lowest BCUT2D eigenvalue weighted by Gasteiger charge is -2.13. The van der Waals surface area contributed by atoms with Gasteiger partial charge in [-0.1, -0.05) is 23.7 Å². The molecule has 0 spiro atoms. The Bertz CT molecular complexity index is 990. The van der Waals surface area contributed by atoms with Crippen LogP contribution in [0, 0.1) is 0 Å². The van der Waals surface area contributed by atoms with Crippen LogP contribution in [0.5, 0.6) is 17.2 Å². The molecule has 146 valence electrons. The van der Waals surface area contributed by atoms with Gasteiger partial charge < -0.3 is 14.2 Å². The summed E-state index contributed by atoms with van der Waals surface area (Å²) in [6, 6.07) is 10.8. The molecule has 6 nitrogen and oxygen atoms in total. The van der Waals surface area contributed by atoms with E-state index in [1.165, 1.54) is 32.7 Å². The zero-order valence-electron chi connectivity index (χ0n) is 15.6. The molecule has 1 N–H and O–H groups in total. The molecule has 28 heavy (non-hydrogen) atoms. The van der Waals surface area contributed by atoms with E-state index in [0.717, 1.165) is 10.4 Å². The maximum absolute atomic E-state index is 12.7. The van der Waals surface area contributed by atoms with E-state index in [9.17, 15) is 4.79 Å². The van der Waals surface area contributed by atoms with Gasteiger partial charge in [0.05, 0.1) is 26.9 Å². The molecule has 0 radical (unpaired) electrons. The van der Waals surface area contributed by atoms with Crippen LogP contribution in [-0.4, -0.2) is 32.2 Å². The number of thiazole rings is 1. The van der Waals surface area contributed by atoms with E-state index in [1.807, 2.05) is 24.3 Å². The zero-order chi connectivity index (χ0) is 20.1. The average molecular weight is 419 g/mol. The van der Waals surface area contributed by atoms with Crippen LogP contribution in [0.4, 0.5) is 5.13 Å². The molecule has 0 aliphatic rings. The number of halogens is 1. The molecule has 0 saturated carbocycles. The third-order valence-electron chi connectivity index (χ3n) is 3.99. The molecule has 0 unspecified atom stereocenters. The fourth-order valence-corrected chi connectivity index (χ4v) is 3.72. The molecule has 0 aliphatic carbocycles. The summed E-state index contributed by atoms with van der Waals surface area (Å²) in [5.74, 6) is 0.954. The largest absolute Gasteiger partial charge is 0.496 e. The number of carbonyl (C=O) groups is 1. The van der Waals surface area contributed by atoms with Crippen molar-refractivity contribution >= 4 is 34.0 Å². The number of nitrogens with one attached hydrogen (secondary N) is 1. The van der Waals surface area contributed by atoms with Gasteiger partial charge in [0.25, 0.3) is 5.91 Å². The predicted octanol–water partition coefficient (Wildman–Crippen LogP) is 4.67. The fourth-order valence-electron chi connectivity index (χ4n) is 2.67. The molecular weight excluding hydrogens is 400 g/mol. The highest BCUT2D eigenvalue weighted by Gasteiger charge is 2.19. The monoisotopic (exact) mass is 418 g/mol. The molecule has 1 aromatic heterocycles. The van der Waals surface area contributed by atoms with Gasteiger partial charge in [0.2, 0.25) is 0 Å². The number of hydrogen-bond donors (Lipinski definition) is 1. The van der Waals surface area contributed by atoms with Crippen molar-refractivity contribution in [3.8, 4) is 17.2 Å². The molecule has 8 heteroatoms. The van der Waals surface area contributed by atoms with Crippen LogP contribution in [0.3, 0.4) is 0 Å². The van der Waals surface area contributed by atoms with E-state index in [-0.39, 0.29) is 5.91 Å². The molecule has 0 fully saturated rings. The molecule has 3 rings (SSSR count). The van der Waals surface area contributed by atoms with Gasteiger partial charge in [-0.3, -0.25) is 10.1 Å². The molecule has 0 bridgehead atoms. The summed E-state index contributed by atoms with van der Waals surface area (Å²) in [5.41, 5.74) is 1.40. The number of nitrogens with zero attached hydrogens (tertiary/aromatic N) is 1. The van der Waals surface area contributed by atoms with Gasteiger partial charge in [-0.05, 0) is 17.7 Å². The topological polar surface area (TPSA) is 69.7 Å². The second kappa shape index (κ2) is 8.95. The third kappa shape index (κ3) is 4.55. The van der Waals surface area contributed by atoms with E-state index in [0.29, 0.717) is 39.4 Å². The van der Waals surface area contributed by atoms with Gasteiger partial charge >= 0.3 is 0 Å². The van der Waals surface area contributed by atoms with Crippen molar-refractivity contribution in [1.29, 1.82) is 0 Å². The molecule has 3 aromatic rings. The van der Waals surface area contributed by atoms with Crippen LogP contribution in [0.2, 0.25) is 5.02 Å². The maximum Gasteiger partial charge on any atom is 0.261 e. The Morgan fingerprint density at radius 3 is 2.46 bits per heavy atom. The van der Waals surface area contributed by atoms with Crippen LogP contribution >= 0.6 is 22.9 Å². The number of benzene rings is 2. The zero-order valence-corrected chi connectivity index (χ0v) is 17.2. The number of amides is 1. The predicted molar refractivity (Wildman–Crippen MR) is 110 cm³/mol. The normalized spacial score (nSPS) is 10.4. The quantitative estimate of drug-likeness (QED) is 0.604. The Balaban J connectivity index is 1.77. The number of anilines is 1. The Labute approximate surface area is 172 Å². The summed E-state index contributed by atoms with van der Waals surface area (Å²) in [6.07, 6.45) is 2.43. The van der Waals surface area contributed by atoms with Gasteiger partial charge in [-0.2, -0.15) is 0 Å². The summed E-state index contributed by atoms with van der Waals surface area (Å²) in [7, 11) is 4.52. The minimum Gasteiger partial charge on any atom is -0.496 e. The summed E-state index contributed by atoms with van der Waals surface area (Å²) in [5, 5.41) is 4.00. The van der Waals surface area contributed by atoms with E-state index in [4.69, 9.17) is 25.8 Å². The van der Waals surface area contributed by atoms with E-state index >= 15 is 0 Å². The highest BCUT2D eigenvalue weighted by molar-refractivity contribution is 7.15. The number of hydrogen-bond acceptors (Lipinski definition) is 6. The van der Waals surface area contributed by atoms with Gasteiger partial charge in [-0.15, -0.1) is 11.3 Å². The average Bonchev–Trinajstić information content (AvgIpc) is 3.13. The second-order valence-corrected chi connectivity index (χ2v) is 7.35. The Morgan fingerprint density at radius 1 is 1.07 bits per heavy atom. The van der Waals surface area contributed by atoms with Crippen LogP contribution in [-0.2, 0) is 6.42 Å². The Hall–Kier alpha value is -2.77. The van der Waals surface area contributed by atoms with Crippen molar-refractivity contribution in [2.45, 2.75) is 6.42 Å². The lowest BCUT2D eigenvalue weighted by molar-refractivity contribution is 0.102. The standard InChI is InChI=1S/C20H19ClN2O4S/c1-25-16-10-18(27-3)17(26-2)9-15(16)19(24)23-20-22-11-14(28-20)8-12-5-4-6-13(21)7-12/h4-7,9-11H,8H2,1-3H3,(H,22,23,24). The van der Waals surface area contributed by atoms with Crippen LogP contribution in [0.25, 0.3) is 0 Å². The molecular formula is C20H19ClN2O4S. The van der Waals surface area contributed by atoms with Crippen LogP contribution in [0.15, 0.2) is 42.6 Å². The Kier molecular flexibility index (Phi) is 6.38. The molecule has 0 atom stereocenters. The van der Waals surface area contributed by atoms with Gasteiger partial charge in [-0.25, -0.2) is 4.98 Å². The second-order valence-electron chi connectivity index (χ2n) is 5.80. The number of rotatable bonds is 7. The third-order valence-corrected chi connectivity index (χ3v) is 5.14. The fraction of sp³-hybridized carbons (Fsp3) is 0.200. The summed E-state index contributed by atoms with van der Waals surface area (Å²) < 4.78 is 15.8.